The van der Waals surface area contributed by atoms with Crippen molar-refractivity contribution in [3.8, 4) is 0 Å². The molecular formula is C12H14ClF2NO2. The molecule has 0 saturated carbocycles. The molecule has 6 heteroatoms. The summed E-state index contributed by atoms with van der Waals surface area (Å²) in [7, 11) is 0. The van der Waals surface area contributed by atoms with E-state index >= 15 is 0 Å². The van der Waals surface area contributed by atoms with Crippen LogP contribution in [0.3, 0.4) is 0 Å². The molecule has 100 valence electrons. The predicted octanol–water partition coefficient (Wildman–Crippen LogP) is 2.44. The molecule has 2 rings (SSSR count). The van der Waals surface area contributed by atoms with E-state index in [0.717, 1.165) is 12.5 Å². The topological polar surface area (TPSA) is 40.5 Å². The van der Waals surface area contributed by atoms with Gasteiger partial charge in [-0.05, 0) is 25.5 Å². The van der Waals surface area contributed by atoms with Crippen molar-refractivity contribution < 1.29 is 18.7 Å². The highest BCUT2D eigenvalue weighted by atomic mass is 35.5. The fourth-order valence-electron chi connectivity index (χ4n) is 2.18. The van der Waals surface area contributed by atoms with Crippen LogP contribution in [0, 0.1) is 11.6 Å². The Hall–Kier alpha value is -1.20. The maximum absolute atomic E-state index is 13.4. The van der Waals surface area contributed by atoms with Crippen LogP contribution in [0.5, 0.6) is 0 Å². The SMILES string of the molecule is Cl.O=C(O)C1CCCN1Cc1cccc(F)c1F. The molecule has 1 atom stereocenters. The molecule has 0 bridgehead atoms. The molecule has 1 aliphatic heterocycles. The highest BCUT2D eigenvalue weighted by Crippen LogP contribution is 2.22. The Balaban J connectivity index is 0.00000162. The van der Waals surface area contributed by atoms with E-state index in [1.807, 2.05) is 0 Å². The van der Waals surface area contributed by atoms with Gasteiger partial charge >= 0.3 is 5.97 Å². The molecule has 1 saturated heterocycles. The van der Waals surface area contributed by atoms with E-state index < -0.39 is 23.6 Å². The maximum Gasteiger partial charge on any atom is 0.320 e. The monoisotopic (exact) mass is 277 g/mol. The van der Waals surface area contributed by atoms with Gasteiger partial charge < -0.3 is 5.11 Å². The summed E-state index contributed by atoms with van der Waals surface area (Å²) >= 11 is 0. The quantitative estimate of drug-likeness (QED) is 0.922. The lowest BCUT2D eigenvalue weighted by atomic mass is 10.1. The molecule has 0 radical (unpaired) electrons. The minimum absolute atomic E-state index is 0. The Morgan fingerprint density at radius 3 is 2.83 bits per heavy atom. The highest BCUT2D eigenvalue weighted by Gasteiger charge is 2.30. The number of hydrogen-bond donors (Lipinski definition) is 1. The lowest BCUT2D eigenvalue weighted by Crippen LogP contribution is -2.35. The third-order valence-electron chi connectivity index (χ3n) is 3.05. The van der Waals surface area contributed by atoms with Crippen LogP contribution in [0.1, 0.15) is 18.4 Å². The Morgan fingerprint density at radius 2 is 2.17 bits per heavy atom. The van der Waals surface area contributed by atoms with Crippen molar-refractivity contribution >= 4 is 18.4 Å². The Morgan fingerprint density at radius 1 is 1.44 bits per heavy atom. The van der Waals surface area contributed by atoms with Crippen molar-refractivity contribution in [2.75, 3.05) is 6.54 Å². The van der Waals surface area contributed by atoms with Crippen molar-refractivity contribution in [3.05, 3.63) is 35.4 Å². The second-order valence-corrected chi connectivity index (χ2v) is 4.18. The van der Waals surface area contributed by atoms with Crippen molar-refractivity contribution in [1.29, 1.82) is 0 Å². The second-order valence-electron chi connectivity index (χ2n) is 4.18. The normalized spacial score (nSPS) is 19.6. The minimum atomic E-state index is -0.903. The van der Waals surface area contributed by atoms with Crippen molar-refractivity contribution in [2.24, 2.45) is 0 Å². The molecule has 1 aliphatic rings. The van der Waals surface area contributed by atoms with Crippen LogP contribution in [0.4, 0.5) is 8.78 Å². The fourth-order valence-corrected chi connectivity index (χ4v) is 2.18. The second kappa shape index (κ2) is 6.11. The number of hydrogen-bond acceptors (Lipinski definition) is 2. The Kier molecular flexibility index (Phi) is 5.04. The highest BCUT2D eigenvalue weighted by molar-refractivity contribution is 5.85. The third kappa shape index (κ3) is 2.97. The van der Waals surface area contributed by atoms with E-state index in [1.54, 1.807) is 4.90 Å². The maximum atomic E-state index is 13.4. The standard InChI is InChI=1S/C12H13F2NO2.ClH/c13-9-4-1-3-8(11(9)14)7-15-6-2-5-10(15)12(16)17;/h1,3-4,10H,2,5-7H2,(H,16,17);1H. The first-order valence-electron chi connectivity index (χ1n) is 5.49. The summed E-state index contributed by atoms with van der Waals surface area (Å²) in [5, 5.41) is 8.98. The first-order chi connectivity index (χ1) is 8.09. The van der Waals surface area contributed by atoms with E-state index in [9.17, 15) is 13.6 Å². The number of aliphatic carboxylic acids is 1. The number of halogens is 3. The molecule has 1 aromatic carbocycles. The van der Waals surface area contributed by atoms with Crippen LogP contribution in [0.25, 0.3) is 0 Å². The van der Waals surface area contributed by atoms with Crippen LogP contribution in [-0.4, -0.2) is 28.6 Å². The van der Waals surface area contributed by atoms with Crippen molar-refractivity contribution in [2.45, 2.75) is 25.4 Å². The van der Waals surface area contributed by atoms with Gasteiger partial charge in [0.05, 0.1) is 0 Å². The van der Waals surface area contributed by atoms with Gasteiger partial charge in [-0.1, -0.05) is 12.1 Å². The van der Waals surface area contributed by atoms with Gasteiger partial charge in [0.25, 0.3) is 0 Å². The molecule has 1 fully saturated rings. The fraction of sp³-hybridized carbons (Fsp3) is 0.417. The summed E-state index contributed by atoms with van der Waals surface area (Å²) in [4.78, 5) is 12.6. The lowest BCUT2D eigenvalue weighted by Gasteiger charge is -2.21. The van der Waals surface area contributed by atoms with Gasteiger partial charge in [0.15, 0.2) is 11.6 Å². The van der Waals surface area contributed by atoms with E-state index in [0.29, 0.717) is 13.0 Å². The van der Waals surface area contributed by atoms with Crippen LogP contribution in [-0.2, 0) is 11.3 Å². The first kappa shape index (κ1) is 14.9. The predicted molar refractivity (Wildman–Crippen MR) is 64.7 cm³/mol. The average molecular weight is 278 g/mol. The van der Waals surface area contributed by atoms with Gasteiger partial charge in [-0.3, -0.25) is 9.69 Å². The molecule has 3 nitrogen and oxygen atoms in total. The Labute approximate surface area is 110 Å². The summed E-state index contributed by atoms with van der Waals surface area (Å²) in [5.41, 5.74) is 0.207. The van der Waals surface area contributed by atoms with E-state index in [4.69, 9.17) is 5.11 Å². The molecule has 0 aliphatic carbocycles. The molecule has 1 unspecified atom stereocenters. The van der Waals surface area contributed by atoms with Crippen LogP contribution < -0.4 is 0 Å². The largest absolute Gasteiger partial charge is 0.480 e. The zero-order valence-corrected chi connectivity index (χ0v) is 10.4. The number of benzene rings is 1. The van der Waals surface area contributed by atoms with Crippen LogP contribution in [0.15, 0.2) is 18.2 Å². The smallest absolute Gasteiger partial charge is 0.320 e. The summed E-state index contributed by atoms with van der Waals surface area (Å²) in [6.07, 6.45) is 1.33. The molecule has 1 aromatic rings. The number of carboxylic acid groups (broad SMARTS) is 1. The van der Waals surface area contributed by atoms with E-state index in [-0.39, 0.29) is 24.5 Å². The van der Waals surface area contributed by atoms with E-state index in [1.165, 1.54) is 12.1 Å². The number of rotatable bonds is 3. The molecular weight excluding hydrogens is 264 g/mol. The molecule has 1 heterocycles. The first-order valence-corrected chi connectivity index (χ1v) is 5.49. The minimum Gasteiger partial charge on any atom is -0.480 e. The number of nitrogens with zero attached hydrogens (tertiary/aromatic N) is 1. The van der Waals surface area contributed by atoms with Gasteiger partial charge in [-0.25, -0.2) is 8.78 Å². The summed E-state index contributed by atoms with van der Waals surface area (Å²) < 4.78 is 26.4. The van der Waals surface area contributed by atoms with E-state index in [2.05, 4.69) is 0 Å². The summed E-state index contributed by atoms with van der Waals surface area (Å²) in [6, 6.07) is 3.38. The van der Waals surface area contributed by atoms with Crippen molar-refractivity contribution in [1.82, 2.24) is 4.90 Å². The van der Waals surface area contributed by atoms with Gasteiger partial charge in [0, 0.05) is 12.1 Å². The van der Waals surface area contributed by atoms with Gasteiger partial charge in [-0.2, -0.15) is 0 Å². The number of carbonyl (C=O) groups is 1. The molecule has 18 heavy (non-hydrogen) atoms. The van der Waals surface area contributed by atoms with Gasteiger partial charge in [0.2, 0.25) is 0 Å². The molecule has 0 aromatic heterocycles. The number of carboxylic acids is 1. The van der Waals surface area contributed by atoms with Gasteiger partial charge in [0.1, 0.15) is 6.04 Å². The summed E-state index contributed by atoms with van der Waals surface area (Å²) in [5.74, 6) is -2.68. The molecule has 0 spiro atoms. The zero-order chi connectivity index (χ0) is 12.4. The average Bonchev–Trinajstić information content (AvgIpc) is 2.73. The molecule has 0 amide bonds. The zero-order valence-electron chi connectivity index (χ0n) is 9.60. The van der Waals surface area contributed by atoms with Crippen LogP contribution >= 0.6 is 12.4 Å². The number of likely N-dealkylation sites (tertiary alicyclic amines) is 1. The van der Waals surface area contributed by atoms with Crippen molar-refractivity contribution in [3.63, 3.8) is 0 Å². The van der Waals surface area contributed by atoms with Crippen LogP contribution in [0.2, 0.25) is 0 Å². The van der Waals surface area contributed by atoms with Gasteiger partial charge in [-0.15, -0.1) is 12.4 Å². The molecule has 1 N–H and O–H groups in total. The lowest BCUT2D eigenvalue weighted by molar-refractivity contribution is -0.142. The third-order valence-corrected chi connectivity index (χ3v) is 3.05. The summed E-state index contributed by atoms with van der Waals surface area (Å²) in [6.45, 7) is 0.744. The Bertz CT molecular complexity index is 442.